The molecule has 0 saturated heterocycles. The van der Waals surface area contributed by atoms with Gasteiger partial charge in [0.25, 0.3) is 0 Å². The third-order valence-corrected chi connectivity index (χ3v) is 3.94. The van der Waals surface area contributed by atoms with Crippen LogP contribution in [0.4, 0.5) is 0 Å². The lowest BCUT2D eigenvalue weighted by Gasteiger charge is -2.00. The summed E-state index contributed by atoms with van der Waals surface area (Å²) < 4.78 is 5.13. The molecule has 4 rings (SSSR count). The van der Waals surface area contributed by atoms with E-state index in [1.165, 1.54) is 4.80 Å². The fourth-order valence-electron chi connectivity index (χ4n) is 2.33. The van der Waals surface area contributed by atoms with E-state index in [4.69, 9.17) is 16.1 Å². The summed E-state index contributed by atoms with van der Waals surface area (Å²) in [4.78, 5) is 21.5. The standard InChI is InChI=1S/C17H13ClN8O2/c18-13-3-1-11(2-4-13)17-22-25-26(23-17)10-14(27)20-9-15-21-16(24-28-15)12-5-7-19-8-6-12/h1-8H,9-10H2,(H,20,27). The zero-order valence-corrected chi connectivity index (χ0v) is 15.1. The molecule has 0 unspecified atom stereocenters. The highest BCUT2D eigenvalue weighted by molar-refractivity contribution is 6.30. The van der Waals surface area contributed by atoms with E-state index in [2.05, 4.69) is 35.9 Å². The fourth-order valence-corrected chi connectivity index (χ4v) is 2.45. The van der Waals surface area contributed by atoms with Crippen LogP contribution in [-0.2, 0) is 17.9 Å². The molecule has 0 radical (unpaired) electrons. The Morgan fingerprint density at radius 1 is 1.07 bits per heavy atom. The van der Waals surface area contributed by atoms with Crippen LogP contribution in [0, 0.1) is 0 Å². The van der Waals surface area contributed by atoms with Crippen molar-refractivity contribution in [2.45, 2.75) is 13.1 Å². The van der Waals surface area contributed by atoms with E-state index in [9.17, 15) is 4.79 Å². The monoisotopic (exact) mass is 396 g/mol. The van der Waals surface area contributed by atoms with Gasteiger partial charge < -0.3 is 9.84 Å². The van der Waals surface area contributed by atoms with Crippen molar-refractivity contribution in [2.75, 3.05) is 0 Å². The first kappa shape index (κ1) is 17.7. The first-order chi connectivity index (χ1) is 13.7. The van der Waals surface area contributed by atoms with Gasteiger partial charge >= 0.3 is 0 Å². The molecule has 140 valence electrons. The maximum atomic E-state index is 12.1. The normalized spacial score (nSPS) is 10.8. The fraction of sp³-hybridized carbons (Fsp3) is 0.118. The molecule has 4 aromatic rings. The number of carbonyl (C=O) groups excluding carboxylic acids is 1. The van der Waals surface area contributed by atoms with E-state index in [0.717, 1.165) is 11.1 Å². The van der Waals surface area contributed by atoms with Crippen molar-refractivity contribution in [3.63, 3.8) is 0 Å². The average Bonchev–Trinajstić information content (AvgIpc) is 3.37. The van der Waals surface area contributed by atoms with Crippen LogP contribution in [0.15, 0.2) is 53.3 Å². The molecule has 0 saturated carbocycles. The van der Waals surface area contributed by atoms with Crippen molar-refractivity contribution in [2.24, 2.45) is 0 Å². The molecular formula is C17H13ClN8O2. The quantitative estimate of drug-likeness (QED) is 0.522. The lowest BCUT2D eigenvalue weighted by Crippen LogP contribution is -2.28. The number of nitrogens with one attached hydrogen (secondary N) is 1. The number of pyridine rings is 1. The zero-order valence-electron chi connectivity index (χ0n) is 14.4. The minimum Gasteiger partial charge on any atom is -0.345 e. The molecule has 1 amide bonds. The van der Waals surface area contributed by atoms with Crippen molar-refractivity contribution in [1.82, 2.24) is 40.6 Å². The zero-order chi connectivity index (χ0) is 19.3. The van der Waals surface area contributed by atoms with E-state index in [1.54, 1.807) is 48.8 Å². The van der Waals surface area contributed by atoms with Crippen LogP contribution in [0.25, 0.3) is 22.8 Å². The highest BCUT2D eigenvalue weighted by Crippen LogP contribution is 2.17. The Morgan fingerprint density at radius 2 is 1.82 bits per heavy atom. The molecule has 3 aromatic heterocycles. The summed E-state index contributed by atoms with van der Waals surface area (Å²) in [7, 11) is 0. The highest BCUT2D eigenvalue weighted by atomic mass is 35.5. The van der Waals surface area contributed by atoms with Gasteiger partial charge in [-0.15, -0.1) is 10.2 Å². The molecule has 28 heavy (non-hydrogen) atoms. The van der Waals surface area contributed by atoms with Gasteiger partial charge in [-0.1, -0.05) is 16.8 Å². The number of tetrazole rings is 1. The van der Waals surface area contributed by atoms with Crippen molar-refractivity contribution >= 4 is 17.5 Å². The smallest absolute Gasteiger partial charge is 0.246 e. The van der Waals surface area contributed by atoms with Crippen LogP contribution in [0.2, 0.25) is 5.02 Å². The Hall–Kier alpha value is -3.66. The van der Waals surface area contributed by atoms with Gasteiger partial charge in [-0.05, 0) is 41.6 Å². The minimum absolute atomic E-state index is 0.0913. The molecule has 1 N–H and O–H groups in total. The Kier molecular flexibility index (Phi) is 5.02. The van der Waals surface area contributed by atoms with Crippen LogP contribution in [0.1, 0.15) is 5.89 Å². The third kappa shape index (κ3) is 4.18. The first-order valence-electron chi connectivity index (χ1n) is 8.21. The summed E-state index contributed by atoms with van der Waals surface area (Å²) in [6.45, 7) is 0.00158. The van der Waals surface area contributed by atoms with Gasteiger partial charge in [-0.25, -0.2) is 0 Å². The van der Waals surface area contributed by atoms with Crippen LogP contribution >= 0.6 is 11.6 Å². The van der Waals surface area contributed by atoms with E-state index < -0.39 is 0 Å². The number of amides is 1. The van der Waals surface area contributed by atoms with E-state index in [-0.39, 0.29) is 24.9 Å². The number of hydrogen-bond donors (Lipinski definition) is 1. The van der Waals surface area contributed by atoms with Gasteiger partial charge in [0.2, 0.25) is 23.4 Å². The number of hydrogen-bond acceptors (Lipinski definition) is 8. The largest absolute Gasteiger partial charge is 0.345 e. The Balaban J connectivity index is 1.33. The molecule has 0 atom stereocenters. The van der Waals surface area contributed by atoms with E-state index >= 15 is 0 Å². The summed E-state index contributed by atoms with van der Waals surface area (Å²) in [5, 5.41) is 19.2. The first-order valence-corrected chi connectivity index (χ1v) is 8.58. The van der Waals surface area contributed by atoms with Crippen molar-refractivity contribution in [3.8, 4) is 22.8 Å². The van der Waals surface area contributed by atoms with Gasteiger partial charge in [0, 0.05) is 28.5 Å². The predicted molar refractivity (Wildman–Crippen MR) is 97.6 cm³/mol. The summed E-state index contributed by atoms with van der Waals surface area (Å²) in [5.74, 6) is 0.804. The summed E-state index contributed by atoms with van der Waals surface area (Å²) in [6, 6.07) is 10.5. The van der Waals surface area contributed by atoms with E-state index in [0.29, 0.717) is 16.7 Å². The van der Waals surface area contributed by atoms with Crippen LogP contribution < -0.4 is 5.32 Å². The van der Waals surface area contributed by atoms with Crippen molar-refractivity contribution in [3.05, 3.63) is 59.7 Å². The molecule has 0 aliphatic rings. The van der Waals surface area contributed by atoms with Gasteiger partial charge in [0.05, 0.1) is 6.54 Å². The minimum atomic E-state index is -0.316. The highest BCUT2D eigenvalue weighted by Gasteiger charge is 2.12. The lowest BCUT2D eigenvalue weighted by molar-refractivity contribution is -0.122. The summed E-state index contributed by atoms with van der Waals surface area (Å²) >= 11 is 5.86. The van der Waals surface area contributed by atoms with Gasteiger partial charge in [0.1, 0.15) is 6.54 Å². The summed E-state index contributed by atoms with van der Waals surface area (Å²) in [5.41, 5.74) is 1.53. The SMILES string of the molecule is O=C(Cn1nnc(-c2ccc(Cl)cc2)n1)NCc1nc(-c2ccncc2)no1. The molecule has 0 spiro atoms. The second-order valence-electron chi connectivity index (χ2n) is 5.67. The molecule has 0 aliphatic heterocycles. The molecule has 0 aliphatic carbocycles. The van der Waals surface area contributed by atoms with Crippen LogP contribution in [0.5, 0.6) is 0 Å². The Morgan fingerprint density at radius 3 is 2.61 bits per heavy atom. The molecule has 1 aromatic carbocycles. The van der Waals surface area contributed by atoms with E-state index in [1.807, 2.05) is 0 Å². The molecular weight excluding hydrogens is 384 g/mol. The lowest BCUT2D eigenvalue weighted by atomic mass is 10.2. The topological polar surface area (TPSA) is 125 Å². The Labute approximate surface area is 163 Å². The molecule has 0 bridgehead atoms. The molecule has 11 heteroatoms. The number of halogens is 1. The molecule has 10 nitrogen and oxygen atoms in total. The van der Waals surface area contributed by atoms with Crippen molar-refractivity contribution < 1.29 is 9.32 Å². The maximum Gasteiger partial charge on any atom is 0.246 e. The number of nitrogens with zero attached hydrogens (tertiary/aromatic N) is 7. The van der Waals surface area contributed by atoms with Crippen LogP contribution in [0.3, 0.4) is 0 Å². The number of aromatic nitrogens is 7. The second-order valence-corrected chi connectivity index (χ2v) is 6.11. The third-order valence-electron chi connectivity index (χ3n) is 3.68. The van der Waals surface area contributed by atoms with Gasteiger partial charge in [-0.2, -0.15) is 9.78 Å². The Bertz CT molecular complexity index is 1080. The number of rotatable bonds is 6. The number of benzene rings is 1. The molecule has 3 heterocycles. The maximum absolute atomic E-state index is 12.1. The van der Waals surface area contributed by atoms with Gasteiger partial charge in [-0.3, -0.25) is 9.78 Å². The summed E-state index contributed by atoms with van der Waals surface area (Å²) in [6.07, 6.45) is 3.27. The molecule has 0 fully saturated rings. The van der Waals surface area contributed by atoms with Crippen molar-refractivity contribution in [1.29, 1.82) is 0 Å². The van der Waals surface area contributed by atoms with Gasteiger partial charge in [0.15, 0.2) is 0 Å². The average molecular weight is 397 g/mol. The predicted octanol–water partition coefficient (Wildman–Crippen LogP) is 1.75. The second kappa shape index (κ2) is 7.92. The number of carbonyl (C=O) groups is 1. The van der Waals surface area contributed by atoms with Crippen LogP contribution in [-0.4, -0.2) is 41.2 Å².